The number of aromatic nitrogens is 2. The number of fused-ring (bicyclic) bond motifs is 3. The summed E-state index contributed by atoms with van der Waals surface area (Å²) in [7, 11) is 0. The summed E-state index contributed by atoms with van der Waals surface area (Å²) in [5.74, 6) is -0.400. The first-order chi connectivity index (χ1) is 13.1. The van der Waals surface area contributed by atoms with E-state index in [1.165, 1.54) is 23.9 Å². The number of amides is 1. The minimum atomic E-state index is -0.400. The van der Waals surface area contributed by atoms with Crippen molar-refractivity contribution in [1.29, 1.82) is 0 Å². The smallest absolute Gasteiger partial charge is 0.271 e. The lowest BCUT2D eigenvalue weighted by Gasteiger charge is -2.10. The average molecular weight is 402 g/mol. The number of hydrogen-bond donors (Lipinski definition) is 1. The van der Waals surface area contributed by atoms with Gasteiger partial charge in [0.05, 0.1) is 0 Å². The molecule has 140 valence electrons. The largest absolute Gasteiger partial charge is 0.348 e. The summed E-state index contributed by atoms with van der Waals surface area (Å²) >= 11 is 7.45. The second kappa shape index (κ2) is 7.82. The maximum Gasteiger partial charge on any atom is 0.271 e. The van der Waals surface area contributed by atoms with Crippen LogP contribution in [0.25, 0.3) is 4.96 Å². The molecule has 1 aliphatic rings. The molecule has 1 aromatic carbocycles. The first-order valence-corrected chi connectivity index (χ1v) is 10.4. The van der Waals surface area contributed by atoms with Crippen LogP contribution in [0.15, 0.2) is 35.3 Å². The Morgan fingerprint density at radius 3 is 2.67 bits per heavy atom. The number of aryl methyl sites for hydroxylation is 2. The number of thiazole rings is 1. The van der Waals surface area contributed by atoms with E-state index in [1.54, 1.807) is 27.9 Å². The monoisotopic (exact) mass is 401 g/mol. The third kappa shape index (κ3) is 3.77. The first-order valence-electron chi connectivity index (χ1n) is 9.18. The zero-order valence-corrected chi connectivity index (χ0v) is 16.4. The number of halogens is 1. The summed E-state index contributed by atoms with van der Waals surface area (Å²) in [5, 5.41) is 3.45. The van der Waals surface area contributed by atoms with Crippen molar-refractivity contribution < 1.29 is 4.79 Å². The molecule has 7 heteroatoms. The summed E-state index contributed by atoms with van der Waals surface area (Å²) in [6.45, 7) is 0.333. The van der Waals surface area contributed by atoms with Crippen LogP contribution in [-0.2, 0) is 19.4 Å². The highest BCUT2D eigenvalue weighted by Crippen LogP contribution is 2.27. The highest BCUT2D eigenvalue weighted by Gasteiger charge is 2.20. The minimum absolute atomic E-state index is 0.0872. The van der Waals surface area contributed by atoms with Crippen LogP contribution in [0, 0.1) is 0 Å². The fourth-order valence-electron chi connectivity index (χ4n) is 3.46. The van der Waals surface area contributed by atoms with Gasteiger partial charge in [0, 0.05) is 28.3 Å². The van der Waals surface area contributed by atoms with E-state index in [2.05, 4.69) is 10.3 Å². The van der Waals surface area contributed by atoms with E-state index < -0.39 is 5.91 Å². The molecule has 4 rings (SSSR count). The van der Waals surface area contributed by atoms with Gasteiger partial charge in [-0.3, -0.25) is 14.0 Å². The van der Waals surface area contributed by atoms with Crippen LogP contribution in [0.2, 0.25) is 5.02 Å². The number of carbonyl (C=O) groups excluding carboxylic acids is 1. The Bertz CT molecular complexity index is 1040. The van der Waals surface area contributed by atoms with Crippen molar-refractivity contribution in [2.24, 2.45) is 0 Å². The summed E-state index contributed by atoms with van der Waals surface area (Å²) in [6.07, 6.45) is 7.88. The van der Waals surface area contributed by atoms with Gasteiger partial charge < -0.3 is 5.32 Å². The van der Waals surface area contributed by atoms with Crippen LogP contribution in [-0.4, -0.2) is 15.3 Å². The lowest BCUT2D eigenvalue weighted by molar-refractivity contribution is 0.0949. The molecule has 1 aliphatic carbocycles. The van der Waals surface area contributed by atoms with Gasteiger partial charge in [0.2, 0.25) is 0 Å². The Labute approximate surface area is 166 Å². The standard InChI is InChI=1S/C20H20ClN3O2S/c21-14-9-7-13(8-10-14)11-22-18(25)15-12-23-20-24(19(15)26)16-5-3-1-2-4-6-17(16)27-20/h7-10,12H,1-6,11H2,(H,22,25). The predicted octanol–water partition coefficient (Wildman–Crippen LogP) is 4.00. The van der Waals surface area contributed by atoms with E-state index in [4.69, 9.17) is 11.6 Å². The topological polar surface area (TPSA) is 63.5 Å². The summed E-state index contributed by atoms with van der Waals surface area (Å²) in [6, 6.07) is 7.24. The third-order valence-corrected chi connectivity index (χ3v) is 6.32. The Morgan fingerprint density at radius 1 is 1.15 bits per heavy atom. The quantitative estimate of drug-likeness (QED) is 0.721. The predicted molar refractivity (Wildman–Crippen MR) is 108 cm³/mol. The molecule has 0 bridgehead atoms. The normalized spacial score (nSPS) is 14.4. The van der Waals surface area contributed by atoms with Gasteiger partial charge in [0.15, 0.2) is 4.96 Å². The van der Waals surface area contributed by atoms with Crippen molar-refractivity contribution in [3.05, 3.63) is 67.5 Å². The molecule has 0 unspecified atom stereocenters. The van der Waals surface area contributed by atoms with Gasteiger partial charge in [-0.05, 0) is 43.4 Å². The molecule has 1 N–H and O–H groups in total. The zero-order chi connectivity index (χ0) is 18.8. The Kier molecular flexibility index (Phi) is 5.27. The van der Waals surface area contributed by atoms with Crippen LogP contribution in [0.4, 0.5) is 0 Å². The van der Waals surface area contributed by atoms with Crippen molar-refractivity contribution in [2.45, 2.75) is 45.1 Å². The molecule has 27 heavy (non-hydrogen) atoms. The van der Waals surface area contributed by atoms with Crippen LogP contribution < -0.4 is 10.9 Å². The summed E-state index contributed by atoms with van der Waals surface area (Å²) in [4.78, 5) is 31.9. The van der Waals surface area contributed by atoms with Gasteiger partial charge in [0.25, 0.3) is 11.5 Å². The first kappa shape index (κ1) is 18.2. The molecule has 0 radical (unpaired) electrons. The fraction of sp³-hybridized carbons (Fsp3) is 0.350. The number of hydrogen-bond acceptors (Lipinski definition) is 4. The molecule has 0 saturated carbocycles. The average Bonchev–Trinajstić information content (AvgIpc) is 2.98. The van der Waals surface area contributed by atoms with Gasteiger partial charge in [-0.15, -0.1) is 11.3 Å². The van der Waals surface area contributed by atoms with Gasteiger partial charge in [-0.25, -0.2) is 4.98 Å². The minimum Gasteiger partial charge on any atom is -0.348 e. The van der Waals surface area contributed by atoms with Gasteiger partial charge in [-0.1, -0.05) is 36.6 Å². The van der Waals surface area contributed by atoms with Gasteiger partial charge in [-0.2, -0.15) is 0 Å². The highest BCUT2D eigenvalue weighted by atomic mass is 35.5. The second-order valence-corrected chi connectivity index (χ2v) is 8.29. The fourth-order valence-corrected chi connectivity index (χ4v) is 4.75. The number of benzene rings is 1. The van der Waals surface area contributed by atoms with E-state index in [-0.39, 0.29) is 11.1 Å². The van der Waals surface area contributed by atoms with Gasteiger partial charge >= 0.3 is 0 Å². The Morgan fingerprint density at radius 2 is 1.89 bits per heavy atom. The van der Waals surface area contributed by atoms with Crippen molar-refractivity contribution in [3.8, 4) is 0 Å². The number of carbonyl (C=O) groups is 1. The van der Waals surface area contributed by atoms with Crippen molar-refractivity contribution in [1.82, 2.24) is 14.7 Å². The zero-order valence-electron chi connectivity index (χ0n) is 14.8. The molecular weight excluding hydrogens is 382 g/mol. The third-order valence-electron chi connectivity index (χ3n) is 4.91. The Balaban J connectivity index is 1.62. The molecule has 2 heterocycles. The molecule has 5 nitrogen and oxygen atoms in total. The Hall–Kier alpha value is -2.18. The molecule has 0 saturated heterocycles. The lowest BCUT2D eigenvalue weighted by atomic mass is 10.0. The molecule has 0 fully saturated rings. The van der Waals surface area contributed by atoms with Crippen LogP contribution in [0.3, 0.4) is 0 Å². The van der Waals surface area contributed by atoms with E-state index in [9.17, 15) is 9.59 Å². The molecule has 1 amide bonds. The van der Waals surface area contributed by atoms with E-state index >= 15 is 0 Å². The van der Waals surface area contributed by atoms with Crippen molar-refractivity contribution in [2.75, 3.05) is 0 Å². The van der Waals surface area contributed by atoms with E-state index in [0.29, 0.717) is 16.5 Å². The number of rotatable bonds is 3. The molecule has 0 atom stereocenters. The maximum absolute atomic E-state index is 13.0. The molecule has 3 aromatic rings. The number of nitrogens with one attached hydrogen (secondary N) is 1. The molecule has 0 aliphatic heterocycles. The van der Waals surface area contributed by atoms with E-state index in [1.807, 2.05) is 12.1 Å². The van der Waals surface area contributed by atoms with E-state index in [0.717, 1.165) is 36.9 Å². The number of nitrogens with zero attached hydrogens (tertiary/aromatic N) is 2. The van der Waals surface area contributed by atoms with Crippen LogP contribution >= 0.6 is 22.9 Å². The van der Waals surface area contributed by atoms with Crippen molar-refractivity contribution in [3.63, 3.8) is 0 Å². The lowest BCUT2D eigenvalue weighted by Crippen LogP contribution is -2.31. The van der Waals surface area contributed by atoms with Crippen LogP contribution in [0.5, 0.6) is 0 Å². The van der Waals surface area contributed by atoms with Crippen LogP contribution in [0.1, 0.15) is 52.2 Å². The molecule has 0 spiro atoms. The summed E-state index contributed by atoms with van der Waals surface area (Å²) < 4.78 is 1.66. The second-order valence-electron chi connectivity index (χ2n) is 6.79. The molecular formula is C20H20ClN3O2S. The summed E-state index contributed by atoms with van der Waals surface area (Å²) in [5.41, 5.74) is 1.78. The maximum atomic E-state index is 13.0. The SMILES string of the molecule is O=C(NCc1ccc(Cl)cc1)c1cnc2sc3c(n2c1=O)CCCCCC3. The molecule has 2 aromatic heterocycles. The highest BCUT2D eigenvalue weighted by molar-refractivity contribution is 7.17. The van der Waals surface area contributed by atoms with Crippen molar-refractivity contribution >= 4 is 33.8 Å². The van der Waals surface area contributed by atoms with Gasteiger partial charge in [0.1, 0.15) is 5.56 Å².